The van der Waals surface area contributed by atoms with Crippen molar-refractivity contribution in [2.24, 2.45) is 5.92 Å². The molecule has 5 nitrogen and oxygen atoms in total. The lowest BCUT2D eigenvalue weighted by Crippen LogP contribution is -2.24. The molecule has 3 atom stereocenters. The summed E-state index contributed by atoms with van der Waals surface area (Å²) in [6.07, 6.45) is 2.01. The highest BCUT2D eigenvalue weighted by atomic mass is 32.2. The monoisotopic (exact) mass is 261 g/mol. The smallest absolute Gasteiger partial charge is 0.258 e. The average molecular weight is 261 g/mol. The normalized spacial score (nSPS) is 29.6. The molecule has 6 heteroatoms. The predicted molar refractivity (Wildman–Crippen MR) is 66.7 cm³/mol. The molecule has 0 N–H and O–H groups in total. The highest BCUT2D eigenvalue weighted by Crippen LogP contribution is 2.52. The summed E-state index contributed by atoms with van der Waals surface area (Å²) >= 11 is 1.36. The Morgan fingerprint density at radius 2 is 2.22 bits per heavy atom. The van der Waals surface area contributed by atoms with Gasteiger partial charge >= 0.3 is 0 Å². The summed E-state index contributed by atoms with van der Waals surface area (Å²) in [7, 11) is 0. The van der Waals surface area contributed by atoms with E-state index in [1.165, 1.54) is 18.0 Å². The van der Waals surface area contributed by atoms with E-state index >= 15 is 0 Å². The Balaban J connectivity index is 1.84. The molecule has 0 spiro atoms. The molecular formula is C12H11N3O2S. The number of nitro benzene ring substituents is 1. The van der Waals surface area contributed by atoms with Gasteiger partial charge in [0.25, 0.3) is 5.69 Å². The number of nitro groups is 1. The number of rotatable bonds is 3. The van der Waals surface area contributed by atoms with Crippen molar-refractivity contribution >= 4 is 17.6 Å². The first-order chi connectivity index (χ1) is 8.70. The van der Waals surface area contributed by atoms with Crippen LogP contribution in [-0.4, -0.2) is 21.3 Å². The number of nitrogens with zero attached hydrogens (tertiary/aromatic N) is 3. The predicted octanol–water partition coefficient (Wildman–Crippen LogP) is 2.59. The van der Waals surface area contributed by atoms with E-state index in [4.69, 9.17) is 5.26 Å². The molecule has 1 aliphatic heterocycles. The summed E-state index contributed by atoms with van der Waals surface area (Å²) < 4.78 is 2.03. The zero-order chi connectivity index (χ0) is 12.7. The van der Waals surface area contributed by atoms with Crippen molar-refractivity contribution < 1.29 is 4.92 Å². The van der Waals surface area contributed by atoms with Crippen LogP contribution in [0.4, 0.5) is 5.69 Å². The Morgan fingerprint density at radius 3 is 2.94 bits per heavy atom. The minimum Gasteiger partial charge on any atom is -0.258 e. The van der Waals surface area contributed by atoms with Crippen LogP contribution in [0.25, 0.3) is 0 Å². The highest BCUT2D eigenvalue weighted by Gasteiger charge is 2.53. The third-order valence-corrected chi connectivity index (χ3v) is 4.74. The minimum atomic E-state index is -0.371. The molecule has 1 heterocycles. The summed E-state index contributed by atoms with van der Waals surface area (Å²) in [4.78, 5) is 11.2. The van der Waals surface area contributed by atoms with E-state index in [2.05, 4.69) is 6.07 Å². The minimum absolute atomic E-state index is 0.112. The lowest BCUT2D eigenvalue weighted by molar-refractivity contribution is -0.387. The SMILES string of the molecule is N#C[C@@H]1C[C@@H]2C[C@@H]2N1Sc1ccccc1[N+](=O)[O-]. The fraction of sp³-hybridized carbons (Fsp3) is 0.417. The molecule has 1 saturated heterocycles. The number of nitriles is 1. The summed E-state index contributed by atoms with van der Waals surface area (Å²) in [5.41, 5.74) is 0.114. The Bertz CT molecular complexity index is 542. The molecule has 2 fully saturated rings. The summed E-state index contributed by atoms with van der Waals surface area (Å²) in [6.45, 7) is 0. The highest BCUT2D eigenvalue weighted by molar-refractivity contribution is 7.97. The molecule has 0 radical (unpaired) electrons. The van der Waals surface area contributed by atoms with Gasteiger partial charge in [0.1, 0.15) is 10.9 Å². The largest absolute Gasteiger partial charge is 0.284 e. The zero-order valence-corrected chi connectivity index (χ0v) is 10.3. The molecule has 18 heavy (non-hydrogen) atoms. The molecule has 1 aliphatic carbocycles. The van der Waals surface area contributed by atoms with Crippen molar-refractivity contribution in [2.75, 3.05) is 0 Å². The van der Waals surface area contributed by atoms with Crippen molar-refractivity contribution in [1.29, 1.82) is 5.26 Å². The van der Waals surface area contributed by atoms with Crippen LogP contribution in [0.15, 0.2) is 29.2 Å². The van der Waals surface area contributed by atoms with Crippen LogP contribution in [0.2, 0.25) is 0 Å². The molecule has 3 rings (SSSR count). The van der Waals surface area contributed by atoms with Gasteiger partial charge in [0.05, 0.1) is 11.0 Å². The second kappa shape index (κ2) is 4.26. The number of para-hydroxylation sites is 1. The number of hydrogen-bond acceptors (Lipinski definition) is 5. The molecule has 92 valence electrons. The lowest BCUT2D eigenvalue weighted by Gasteiger charge is -2.20. The molecule has 0 bridgehead atoms. The molecule has 0 aromatic heterocycles. The number of benzene rings is 1. The van der Waals surface area contributed by atoms with Gasteiger partial charge in [-0.3, -0.25) is 10.1 Å². The van der Waals surface area contributed by atoms with E-state index in [0.717, 1.165) is 12.8 Å². The summed E-state index contributed by atoms with van der Waals surface area (Å²) in [5, 5.41) is 20.0. The van der Waals surface area contributed by atoms with Crippen LogP contribution in [0.5, 0.6) is 0 Å². The van der Waals surface area contributed by atoms with E-state index in [1.807, 2.05) is 4.31 Å². The Hall–Kier alpha value is -1.58. The van der Waals surface area contributed by atoms with Crippen LogP contribution in [0.3, 0.4) is 0 Å². The van der Waals surface area contributed by atoms with Crippen molar-refractivity contribution in [2.45, 2.75) is 29.8 Å². The topological polar surface area (TPSA) is 70.2 Å². The van der Waals surface area contributed by atoms with Gasteiger partial charge in [-0.2, -0.15) is 5.26 Å². The second-order valence-electron chi connectivity index (χ2n) is 4.62. The van der Waals surface area contributed by atoms with Gasteiger partial charge in [-0.05, 0) is 36.8 Å². The number of piperidine rings is 1. The van der Waals surface area contributed by atoms with Gasteiger partial charge in [0.2, 0.25) is 0 Å². The fourth-order valence-corrected chi connectivity index (χ4v) is 3.71. The third kappa shape index (κ3) is 1.85. The van der Waals surface area contributed by atoms with Gasteiger partial charge in [-0.1, -0.05) is 12.1 Å². The fourth-order valence-electron chi connectivity index (χ4n) is 2.46. The Kier molecular flexibility index (Phi) is 2.73. The maximum Gasteiger partial charge on any atom is 0.284 e. The van der Waals surface area contributed by atoms with E-state index in [0.29, 0.717) is 16.9 Å². The molecular weight excluding hydrogens is 250 g/mol. The summed E-state index contributed by atoms with van der Waals surface area (Å²) in [5.74, 6) is 0.616. The van der Waals surface area contributed by atoms with Crippen molar-refractivity contribution in [1.82, 2.24) is 4.31 Å². The molecule has 0 amide bonds. The molecule has 1 aromatic carbocycles. The van der Waals surface area contributed by atoms with E-state index in [1.54, 1.807) is 18.2 Å². The second-order valence-corrected chi connectivity index (χ2v) is 5.66. The molecule has 2 aliphatic rings. The number of fused-ring (bicyclic) bond motifs is 1. The maximum atomic E-state index is 10.9. The standard InChI is InChI=1S/C12H11N3O2S/c13-7-9-5-8-6-11(8)14(9)18-12-4-2-1-3-10(12)15(16)17/h1-4,8-9,11H,5-6H2/t8-,9+,11+/m1/s1. The Labute approximate surface area is 109 Å². The van der Waals surface area contributed by atoms with Gasteiger partial charge in [-0.15, -0.1) is 0 Å². The van der Waals surface area contributed by atoms with E-state index in [9.17, 15) is 10.1 Å². The third-order valence-electron chi connectivity index (χ3n) is 3.46. The maximum absolute atomic E-state index is 10.9. The van der Waals surface area contributed by atoms with Crippen LogP contribution in [0, 0.1) is 27.4 Å². The summed E-state index contributed by atoms with van der Waals surface area (Å²) in [6, 6.07) is 9.29. The van der Waals surface area contributed by atoms with Gasteiger partial charge in [0.15, 0.2) is 0 Å². The molecule has 0 unspecified atom stereocenters. The first-order valence-corrected chi connectivity index (χ1v) is 6.57. The van der Waals surface area contributed by atoms with Crippen molar-refractivity contribution in [3.05, 3.63) is 34.4 Å². The van der Waals surface area contributed by atoms with Crippen molar-refractivity contribution in [3.8, 4) is 6.07 Å². The van der Waals surface area contributed by atoms with Gasteiger partial charge in [-0.25, -0.2) is 4.31 Å². The lowest BCUT2D eigenvalue weighted by atomic mass is 10.2. The van der Waals surface area contributed by atoms with E-state index in [-0.39, 0.29) is 16.7 Å². The van der Waals surface area contributed by atoms with Crippen LogP contribution >= 0.6 is 11.9 Å². The zero-order valence-electron chi connectivity index (χ0n) is 9.52. The molecule has 1 saturated carbocycles. The number of hydrogen-bond donors (Lipinski definition) is 0. The quantitative estimate of drug-likeness (QED) is 0.475. The average Bonchev–Trinajstić information content (AvgIpc) is 3.06. The Morgan fingerprint density at radius 1 is 1.44 bits per heavy atom. The van der Waals surface area contributed by atoms with Gasteiger partial charge in [0, 0.05) is 12.1 Å². The van der Waals surface area contributed by atoms with Crippen molar-refractivity contribution in [3.63, 3.8) is 0 Å². The van der Waals surface area contributed by atoms with E-state index < -0.39 is 0 Å². The van der Waals surface area contributed by atoms with Crippen LogP contribution < -0.4 is 0 Å². The van der Waals surface area contributed by atoms with Crippen LogP contribution in [-0.2, 0) is 0 Å². The first-order valence-electron chi connectivity index (χ1n) is 5.80. The first kappa shape index (κ1) is 11.5. The molecule has 1 aromatic rings. The van der Waals surface area contributed by atoms with Crippen LogP contribution in [0.1, 0.15) is 12.8 Å². The van der Waals surface area contributed by atoms with Gasteiger partial charge < -0.3 is 0 Å².